The molecule has 5 aliphatic rings. The van der Waals surface area contributed by atoms with E-state index in [4.69, 9.17) is 4.74 Å². The van der Waals surface area contributed by atoms with E-state index >= 15 is 4.79 Å². The minimum atomic E-state index is -4.92. The molecule has 0 aromatic heterocycles. The van der Waals surface area contributed by atoms with E-state index in [1.807, 2.05) is 33.8 Å². The molecule has 4 aliphatic carbocycles. The summed E-state index contributed by atoms with van der Waals surface area (Å²) in [5, 5.41) is 24.3. The number of rotatable bonds is 8. The van der Waals surface area contributed by atoms with Gasteiger partial charge in [0.2, 0.25) is 0 Å². The molecule has 334 valence electrons. The summed E-state index contributed by atoms with van der Waals surface area (Å²) in [4.78, 5) is 44.6. The molecule has 6 unspecified atom stereocenters. The van der Waals surface area contributed by atoms with Crippen molar-refractivity contribution in [1.82, 2.24) is 4.90 Å². The van der Waals surface area contributed by atoms with Crippen molar-refractivity contribution in [3.63, 3.8) is 0 Å². The highest BCUT2D eigenvalue weighted by Gasteiger charge is 2.76. The molecule has 0 radical (unpaired) electrons. The number of aliphatic hydroxyl groups is 2. The van der Waals surface area contributed by atoms with Crippen LogP contribution in [0.4, 0.5) is 26.3 Å². The van der Waals surface area contributed by atoms with E-state index in [1.54, 1.807) is 25.1 Å². The Morgan fingerprint density at radius 2 is 1.61 bits per heavy atom. The third-order valence-corrected chi connectivity index (χ3v) is 15.1. The van der Waals surface area contributed by atoms with Crippen molar-refractivity contribution in [3.8, 4) is 5.75 Å². The number of ketones is 1. The first kappa shape index (κ1) is 45.3. The number of esters is 1. The second kappa shape index (κ2) is 15.8. The van der Waals surface area contributed by atoms with E-state index in [2.05, 4.69) is 4.74 Å². The number of hydrogen-bond acceptors (Lipinski definition) is 7. The molecule has 14 heteroatoms. The predicted molar refractivity (Wildman–Crippen MR) is 217 cm³/mol. The molecule has 3 aromatic rings. The molecule has 6 atom stereocenters. The average molecular weight is 870 g/mol. The van der Waals surface area contributed by atoms with Crippen LogP contribution in [-0.4, -0.2) is 63.0 Å². The molecule has 1 saturated heterocycles. The van der Waals surface area contributed by atoms with E-state index in [9.17, 15) is 46.1 Å². The second-order valence-electron chi connectivity index (χ2n) is 18.9. The minimum absolute atomic E-state index is 0.130. The predicted octanol–water partition coefficient (Wildman–Crippen LogP) is 10.0. The van der Waals surface area contributed by atoms with Gasteiger partial charge in [-0.05, 0) is 125 Å². The molecule has 3 aromatic carbocycles. The second-order valence-corrected chi connectivity index (χ2v) is 18.9. The summed E-state index contributed by atoms with van der Waals surface area (Å²) < 4.78 is 90.9. The monoisotopic (exact) mass is 869 g/mol. The normalized spacial score (nSPS) is 29.7. The number of carbonyl (C=O) groups excluding carboxylic acids is 3. The summed E-state index contributed by atoms with van der Waals surface area (Å²) in [5.74, 6) is -2.72. The van der Waals surface area contributed by atoms with Gasteiger partial charge in [-0.3, -0.25) is 14.4 Å². The highest BCUT2D eigenvalue weighted by atomic mass is 19.4. The minimum Gasteiger partial charge on any atom is -0.448 e. The number of carbonyl (C=O) groups is 3. The first-order chi connectivity index (χ1) is 28.8. The number of hydrogen-bond donors (Lipinski definition) is 2. The maximum Gasteiger partial charge on any atom is 0.573 e. The van der Waals surface area contributed by atoms with Crippen LogP contribution in [0, 0.1) is 16.2 Å². The molecule has 8 rings (SSSR count). The summed E-state index contributed by atoms with van der Waals surface area (Å²) >= 11 is 0. The molecule has 2 N–H and O–H groups in total. The van der Waals surface area contributed by atoms with Gasteiger partial charge in [0.1, 0.15) is 5.75 Å². The molecule has 0 spiro atoms. The van der Waals surface area contributed by atoms with Crippen LogP contribution in [0.2, 0.25) is 0 Å². The van der Waals surface area contributed by atoms with Gasteiger partial charge in [0, 0.05) is 28.5 Å². The van der Waals surface area contributed by atoms with Crippen LogP contribution in [0.3, 0.4) is 0 Å². The lowest BCUT2D eigenvalue weighted by Gasteiger charge is -2.47. The van der Waals surface area contributed by atoms with Crippen molar-refractivity contribution in [2.75, 3.05) is 6.54 Å². The quantitative estimate of drug-likeness (QED) is 0.100. The zero-order valence-corrected chi connectivity index (χ0v) is 35.5. The molecule has 1 amide bonds. The van der Waals surface area contributed by atoms with Crippen molar-refractivity contribution < 1.29 is 60.4 Å². The summed E-state index contributed by atoms with van der Waals surface area (Å²) in [6.45, 7) is 8.79. The number of ether oxygens (including phenoxy) is 2. The lowest BCUT2D eigenvalue weighted by molar-refractivity contribution is -0.274. The van der Waals surface area contributed by atoms with Crippen molar-refractivity contribution in [3.05, 3.63) is 112 Å². The summed E-state index contributed by atoms with van der Waals surface area (Å²) in [6.07, 6.45) is -5.26. The smallest absolute Gasteiger partial charge is 0.448 e. The van der Waals surface area contributed by atoms with E-state index in [-0.39, 0.29) is 43.5 Å². The van der Waals surface area contributed by atoms with Gasteiger partial charge in [0.15, 0.2) is 11.4 Å². The lowest BCUT2D eigenvalue weighted by Crippen LogP contribution is -2.60. The fourth-order valence-corrected chi connectivity index (χ4v) is 10.7. The van der Waals surface area contributed by atoms with Gasteiger partial charge >= 0.3 is 18.5 Å². The summed E-state index contributed by atoms with van der Waals surface area (Å²) in [5.41, 5.74) is -4.73. The number of allylic oxidation sites excluding steroid dienone is 2. The Labute approximate surface area is 357 Å². The largest absolute Gasteiger partial charge is 0.573 e. The molecule has 8 nitrogen and oxygen atoms in total. The van der Waals surface area contributed by atoms with Crippen molar-refractivity contribution >= 4 is 17.7 Å². The Morgan fingerprint density at radius 1 is 0.903 bits per heavy atom. The Balaban J connectivity index is 1.33. The van der Waals surface area contributed by atoms with Crippen molar-refractivity contribution in [2.24, 2.45) is 16.2 Å². The first-order valence-corrected chi connectivity index (χ1v) is 21.1. The van der Waals surface area contributed by atoms with Gasteiger partial charge in [-0.1, -0.05) is 68.8 Å². The number of amides is 1. The number of fused-ring (bicyclic) bond motifs is 10. The molecular formula is C48H53F6NO7. The third kappa shape index (κ3) is 7.94. The first-order valence-electron chi connectivity index (χ1n) is 21.1. The number of benzene rings is 3. The highest BCUT2D eigenvalue weighted by molar-refractivity contribution is 6.10. The lowest BCUT2D eigenvalue weighted by atomic mass is 9.64. The van der Waals surface area contributed by atoms with Gasteiger partial charge in [0.25, 0.3) is 5.91 Å². The van der Waals surface area contributed by atoms with Gasteiger partial charge in [-0.25, -0.2) is 0 Å². The van der Waals surface area contributed by atoms with E-state index in [1.165, 1.54) is 29.2 Å². The molecule has 2 saturated carbocycles. The molecular weight excluding hydrogens is 817 g/mol. The zero-order chi connectivity index (χ0) is 45.3. The third-order valence-electron chi connectivity index (χ3n) is 15.1. The van der Waals surface area contributed by atoms with Crippen LogP contribution in [0.15, 0.2) is 78.4 Å². The van der Waals surface area contributed by atoms with E-state index in [0.717, 1.165) is 29.8 Å². The highest BCUT2D eigenvalue weighted by Crippen LogP contribution is 2.66. The Bertz CT molecular complexity index is 2270. The van der Waals surface area contributed by atoms with Crippen LogP contribution in [-0.2, 0) is 33.5 Å². The maximum absolute atomic E-state index is 15.2. The van der Waals surface area contributed by atoms with Crippen LogP contribution >= 0.6 is 0 Å². The Kier molecular flexibility index (Phi) is 11.6. The summed E-state index contributed by atoms with van der Waals surface area (Å²) in [7, 11) is 0. The number of nitrogens with zero attached hydrogens (tertiary/aromatic N) is 1. The molecule has 1 heterocycles. The van der Waals surface area contributed by atoms with Crippen LogP contribution < -0.4 is 4.74 Å². The van der Waals surface area contributed by atoms with Crippen molar-refractivity contribution in [2.45, 2.75) is 135 Å². The molecule has 1 aliphatic heterocycles. The molecule has 4 bridgehead atoms. The number of aliphatic hydroxyl groups excluding tert-OH is 1. The Morgan fingerprint density at radius 3 is 2.24 bits per heavy atom. The van der Waals surface area contributed by atoms with E-state index in [0.29, 0.717) is 55.2 Å². The molecule has 3 fully saturated rings. The fraction of sp³-hybridized carbons (Fsp3) is 0.521. The van der Waals surface area contributed by atoms with Gasteiger partial charge in [-0.2, -0.15) is 13.2 Å². The van der Waals surface area contributed by atoms with Crippen molar-refractivity contribution in [1.29, 1.82) is 0 Å². The Hall–Kier alpha value is -4.69. The van der Waals surface area contributed by atoms with Crippen LogP contribution in [0.5, 0.6) is 5.75 Å². The average Bonchev–Trinajstić information content (AvgIpc) is 3.63. The van der Waals surface area contributed by atoms with Gasteiger partial charge in [0.05, 0.1) is 29.2 Å². The van der Waals surface area contributed by atoms with E-state index < -0.39 is 81.0 Å². The zero-order valence-electron chi connectivity index (χ0n) is 35.5. The number of halogens is 6. The maximum atomic E-state index is 15.2. The fourth-order valence-electron chi connectivity index (χ4n) is 10.7. The van der Waals surface area contributed by atoms with Crippen LogP contribution in [0.1, 0.15) is 130 Å². The van der Waals surface area contributed by atoms with Crippen LogP contribution in [0.25, 0.3) is 0 Å². The topological polar surface area (TPSA) is 113 Å². The number of alkyl halides is 6. The van der Waals surface area contributed by atoms with Gasteiger partial charge in [-0.15, -0.1) is 13.2 Å². The summed E-state index contributed by atoms with van der Waals surface area (Å²) in [6, 6.07) is 14.5. The SMILES string of the molecule is CC1=CCCC2(C)C(CCC2(O)CN(Cc2ccc(OC(F)(F)F)cc2)C(=O)C23CCC(C)(C(=O)O2)C3(C)C)c2ccc(cc2C(=O)c2cccc(C(F)(F)F)c2)CC(O)CC1. The van der Waals surface area contributed by atoms with Gasteiger partial charge < -0.3 is 24.6 Å². The standard InChI is InChI=1S/C48H53F6NO7/c1-29-8-7-20-43(4)38(36-18-14-31(24-34(56)15-11-29)25-37(36)39(57)32-9-6-10-33(26-32)47(49,50)51)19-21-45(43,60)28-55(27-30-12-16-35(17-13-30)61-48(52,53)54)40(58)46-23-22-44(5,41(59)62-46)42(46,2)3/h6,8-10,12-14,16-18,25-26,34,38,56,60H,7,11,15,19-24,27-28H2,1-5H3. The molecule has 62 heavy (non-hydrogen) atoms.